The Morgan fingerprint density at radius 3 is 2.44 bits per heavy atom. The summed E-state index contributed by atoms with van der Waals surface area (Å²) >= 11 is 0. The Morgan fingerprint density at radius 1 is 1.33 bits per heavy atom. The van der Waals surface area contributed by atoms with E-state index in [1.165, 1.54) is 6.42 Å². The molecule has 3 N–H and O–H groups in total. The van der Waals surface area contributed by atoms with Crippen molar-refractivity contribution in [2.24, 2.45) is 11.7 Å². The number of urea groups is 1. The molecule has 0 radical (unpaired) electrons. The summed E-state index contributed by atoms with van der Waals surface area (Å²) in [6.45, 7) is 7.24. The van der Waals surface area contributed by atoms with E-state index in [4.69, 9.17) is 11.1 Å². The van der Waals surface area contributed by atoms with Crippen LogP contribution in [-0.4, -0.2) is 47.8 Å². The van der Waals surface area contributed by atoms with Gasteiger partial charge < -0.3 is 15.5 Å². The summed E-state index contributed by atoms with van der Waals surface area (Å²) in [5.41, 5.74) is 5.38. The van der Waals surface area contributed by atoms with Crippen molar-refractivity contribution in [1.29, 1.82) is 5.41 Å². The fourth-order valence-electron chi connectivity index (χ4n) is 2.25. The highest BCUT2D eigenvalue weighted by molar-refractivity contribution is 5.79. The zero-order valence-electron chi connectivity index (χ0n) is 11.6. The summed E-state index contributed by atoms with van der Waals surface area (Å²) in [4.78, 5) is 16.2. The van der Waals surface area contributed by atoms with Gasteiger partial charge in [0.1, 0.15) is 0 Å². The van der Waals surface area contributed by atoms with Gasteiger partial charge >= 0.3 is 6.03 Å². The predicted octanol–water partition coefficient (Wildman–Crippen LogP) is 1.88. The third-order valence-electron chi connectivity index (χ3n) is 3.13. The highest BCUT2D eigenvalue weighted by atomic mass is 16.2. The van der Waals surface area contributed by atoms with Gasteiger partial charge in [-0.3, -0.25) is 5.41 Å². The number of likely N-dealkylation sites (tertiary alicyclic amines) is 1. The molecular formula is C13H26N4O. The molecule has 0 aliphatic carbocycles. The first-order chi connectivity index (χ1) is 8.50. The number of nitrogens with two attached hydrogens (primary N) is 1. The maximum atomic E-state index is 12.4. The topological polar surface area (TPSA) is 73.4 Å². The normalized spacial score (nSPS) is 15.8. The van der Waals surface area contributed by atoms with Gasteiger partial charge in [-0.15, -0.1) is 0 Å². The molecule has 18 heavy (non-hydrogen) atoms. The van der Waals surface area contributed by atoms with Crippen LogP contribution < -0.4 is 5.73 Å². The van der Waals surface area contributed by atoms with Crippen LogP contribution in [0.25, 0.3) is 0 Å². The van der Waals surface area contributed by atoms with E-state index in [-0.39, 0.29) is 11.9 Å². The average Bonchev–Trinajstić information content (AvgIpc) is 2.34. The molecule has 0 saturated carbocycles. The molecule has 1 saturated heterocycles. The van der Waals surface area contributed by atoms with E-state index in [0.717, 1.165) is 32.5 Å². The van der Waals surface area contributed by atoms with E-state index >= 15 is 0 Å². The van der Waals surface area contributed by atoms with Gasteiger partial charge in [-0.2, -0.15) is 0 Å². The van der Waals surface area contributed by atoms with Crippen molar-refractivity contribution < 1.29 is 4.79 Å². The molecule has 1 heterocycles. The van der Waals surface area contributed by atoms with Gasteiger partial charge in [-0.25, -0.2) is 4.79 Å². The SMILES string of the molecule is CC(C)CN(CCC(=N)N)C(=O)N1CCCCC1. The fraction of sp³-hybridized carbons (Fsp3) is 0.846. The first-order valence-electron chi connectivity index (χ1n) is 6.87. The second kappa shape index (κ2) is 7.24. The molecule has 2 amide bonds. The van der Waals surface area contributed by atoms with Crippen LogP contribution in [0.2, 0.25) is 0 Å². The summed E-state index contributed by atoms with van der Waals surface area (Å²) in [6.07, 6.45) is 3.90. The van der Waals surface area contributed by atoms with Crippen molar-refractivity contribution in [3.05, 3.63) is 0 Å². The maximum absolute atomic E-state index is 12.4. The molecule has 0 unspecified atom stereocenters. The molecule has 104 valence electrons. The van der Waals surface area contributed by atoms with Gasteiger partial charge in [-0.05, 0) is 25.2 Å². The quantitative estimate of drug-likeness (QED) is 0.580. The summed E-state index contributed by atoms with van der Waals surface area (Å²) in [7, 11) is 0. The lowest BCUT2D eigenvalue weighted by molar-refractivity contribution is 0.139. The first kappa shape index (κ1) is 14.8. The smallest absolute Gasteiger partial charge is 0.320 e. The number of rotatable bonds is 5. The molecule has 1 fully saturated rings. The van der Waals surface area contributed by atoms with E-state index < -0.39 is 0 Å². The van der Waals surface area contributed by atoms with E-state index in [2.05, 4.69) is 13.8 Å². The number of hydrogen-bond acceptors (Lipinski definition) is 2. The summed E-state index contributed by atoms with van der Waals surface area (Å²) in [6, 6.07) is 0.115. The highest BCUT2D eigenvalue weighted by Gasteiger charge is 2.22. The third-order valence-corrected chi connectivity index (χ3v) is 3.13. The van der Waals surface area contributed by atoms with Gasteiger partial charge in [0.15, 0.2) is 0 Å². The lowest BCUT2D eigenvalue weighted by atomic mass is 10.1. The third kappa shape index (κ3) is 4.94. The van der Waals surface area contributed by atoms with Gasteiger partial charge in [0, 0.05) is 32.6 Å². The van der Waals surface area contributed by atoms with Crippen molar-refractivity contribution in [1.82, 2.24) is 9.80 Å². The number of nitrogens with one attached hydrogen (secondary N) is 1. The number of piperidine rings is 1. The molecule has 0 bridgehead atoms. The van der Waals surface area contributed by atoms with E-state index in [1.807, 2.05) is 9.80 Å². The Bertz CT molecular complexity index is 285. The molecule has 0 aromatic rings. The minimum atomic E-state index is 0.115. The van der Waals surface area contributed by atoms with Crippen LogP contribution in [0.15, 0.2) is 0 Å². The molecule has 1 rings (SSSR count). The van der Waals surface area contributed by atoms with Crippen LogP contribution in [0.5, 0.6) is 0 Å². The molecule has 1 aliphatic heterocycles. The lowest BCUT2D eigenvalue weighted by Crippen LogP contribution is -2.47. The molecule has 5 heteroatoms. The van der Waals surface area contributed by atoms with Crippen LogP contribution >= 0.6 is 0 Å². The van der Waals surface area contributed by atoms with Crippen LogP contribution in [0, 0.1) is 11.3 Å². The summed E-state index contributed by atoms with van der Waals surface area (Å²) in [5.74, 6) is 0.584. The molecule has 0 aromatic carbocycles. The van der Waals surface area contributed by atoms with Crippen molar-refractivity contribution in [3.63, 3.8) is 0 Å². The average molecular weight is 254 g/mol. The zero-order chi connectivity index (χ0) is 13.5. The molecule has 5 nitrogen and oxygen atoms in total. The molecule has 0 atom stereocenters. The number of nitrogens with zero attached hydrogens (tertiary/aromatic N) is 2. The molecule has 1 aliphatic rings. The van der Waals surface area contributed by atoms with E-state index in [1.54, 1.807) is 0 Å². The van der Waals surface area contributed by atoms with Gasteiger partial charge in [0.2, 0.25) is 0 Å². The second-order valence-corrected chi connectivity index (χ2v) is 5.45. The highest BCUT2D eigenvalue weighted by Crippen LogP contribution is 2.12. The number of amidine groups is 1. The molecule has 0 spiro atoms. The predicted molar refractivity (Wildman–Crippen MR) is 73.8 cm³/mol. The Morgan fingerprint density at radius 2 is 1.94 bits per heavy atom. The fourth-order valence-corrected chi connectivity index (χ4v) is 2.25. The largest absolute Gasteiger partial charge is 0.388 e. The number of carbonyl (C=O) groups excluding carboxylic acids is 1. The molecule has 0 aromatic heterocycles. The minimum absolute atomic E-state index is 0.115. The van der Waals surface area contributed by atoms with E-state index in [0.29, 0.717) is 18.9 Å². The van der Waals surface area contributed by atoms with Crippen LogP contribution in [0.4, 0.5) is 4.79 Å². The summed E-state index contributed by atoms with van der Waals surface area (Å²) in [5, 5.41) is 7.28. The standard InChI is InChI=1S/C13H26N4O/c1-11(2)10-17(9-6-12(14)15)13(18)16-7-4-3-5-8-16/h11H,3-10H2,1-2H3,(H3,14,15). The Hall–Kier alpha value is -1.26. The number of amides is 2. The Labute approximate surface area is 110 Å². The van der Waals surface area contributed by atoms with Crippen molar-refractivity contribution in [2.75, 3.05) is 26.2 Å². The number of hydrogen-bond donors (Lipinski definition) is 2. The van der Waals surface area contributed by atoms with Crippen molar-refractivity contribution in [2.45, 2.75) is 39.5 Å². The van der Waals surface area contributed by atoms with Gasteiger partial charge in [-0.1, -0.05) is 13.8 Å². The first-order valence-corrected chi connectivity index (χ1v) is 6.87. The Balaban J connectivity index is 2.55. The van der Waals surface area contributed by atoms with Crippen molar-refractivity contribution in [3.8, 4) is 0 Å². The van der Waals surface area contributed by atoms with Crippen LogP contribution in [-0.2, 0) is 0 Å². The number of carbonyl (C=O) groups is 1. The van der Waals surface area contributed by atoms with Gasteiger partial charge in [0.25, 0.3) is 0 Å². The second-order valence-electron chi connectivity index (χ2n) is 5.45. The zero-order valence-corrected chi connectivity index (χ0v) is 11.6. The summed E-state index contributed by atoms with van der Waals surface area (Å²) < 4.78 is 0. The monoisotopic (exact) mass is 254 g/mol. The van der Waals surface area contributed by atoms with Crippen LogP contribution in [0.1, 0.15) is 39.5 Å². The van der Waals surface area contributed by atoms with Crippen molar-refractivity contribution >= 4 is 11.9 Å². The maximum Gasteiger partial charge on any atom is 0.320 e. The van der Waals surface area contributed by atoms with Crippen LogP contribution in [0.3, 0.4) is 0 Å². The van der Waals surface area contributed by atoms with Gasteiger partial charge in [0.05, 0.1) is 5.84 Å². The molecular weight excluding hydrogens is 228 g/mol. The Kier molecular flexibility index (Phi) is 5.95. The lowest BCUT2D eigenvalue weighted by Gasteiger charge is -2.33. The van der Waals surface area contributed by atoms with E-state index in [9.17, 15) is 4.79 Å². The minimum Gasteiger partial charge on any atom is -0.388 e.